The highest BCUT2D eigenvalue weighted by Crippen LogP contribution is 2.38. The summed E-state index contributed by atoms with van der Waals surface area (Å²) in [5.41, 5.74) is 1.63. The van der Waals surface area contributed by atoms with Gasteiger partial charge in [0.15, 0.2) is 0 Å². The molecular formula is C10H18O. The van der Waals surface area contributed by atoms with Crippen LogP contribution in [0.3, 0.4) is 0 Å². The van der Waals surface area contributed by atoms with E-state index in [0.717, 1.165) is 19.3 Å². The van der Waals surface area contributed by atoms with Crippen molar-refractivity contribution >= 4 is 0 Å². The molecule has 0 bridgehead atoms. The van der Waals surface area contributed by atoms with Gasteiger partial charge in [-0.2, -0.15) is 0 Å². The summed E-state index contributed by atoms with van der Waals surface area (Å²) in [6, 6.07) is 0. The largest absolute Gasteiger partial charge is 0.389 e. The van der Waals surface area contributed by atoms with Crippen molar-refractivity contribution in [1.82, 2.24) is 0 Å². The Kier molecular flexibility index (Phi) is 2.38. The van der Waals surface area contributed by atoms with Crippen molar-refractivity contribution in [3.8, 4) is 0 Å². The van der Waals surface area contributed by atoms with Crippen LogP contribution >= 0.6 is 0 Å². The predicted molar refractivity (Wildman–Crippen MR) is 47.4 cm³/mol. The fraction of sp³-hybridized carbons (Fsp3) is 0.800. The van der Waals surface area contributed by atoms with E-state index in [1.54, 1.807) is 0 Å². The lowest BCUT2D eigenvalue weighted by atomic mass is 9.74. The molecule has 1 aliphatic carbocycles. The smallest absolute Gasteiger partial charge is 0.0750 e. The lowest BCUT2D eigenvalue weighted by Crippen LogP contribution is -2.26. The second kappa shape index (κ2) is 2.98. The lowest BCUT2D eigenvalue weighted by Gasteiger charge is -2.34. The fourth-order valence-corrected chi connectivity index (χ4v) is 1.77. The monoisotopic (exact) mass is 154 g/mol. The van der Waals surface area contributed by atoms with Crippen LogP contribution in [-0.4, -0.2) is 11.2 Å². The lowest BCUT2D eigenvalue weighted by molar-refractivity contribution is 0.131. The molecule has 0 aliphatic heterocycles. The molecular weight excluding hydrogens is 136 g/mol. The fourth-order valence-electron chi connectivity index (χ4n) is 1.77. The Hall–Kier alpha value is -0.300. The van der Waals surface area contributed by atoms with Crippen molar-refractivity contribution in [3.63, 3.8) is 0 Å². The maximum atomic E-state index is 9.53. The van der Waals surface area contributed by atoms with Crippen LogP contribution in [0.5, 0.6) is 0 Å². The van der Waals surface area contributed by atoms with Gasteiger partial charge in [-0.25, -0.2) is 0 Å². The van der Waals surface area contributed by atoms with E-state index in [-0.39, 0.29) is 6.10 Å². The van der Waals surface area contributed by atoms with Gasteiger partial charge in [-0.1, -0.05) is 19.9 Å². The van der Waals surface area contributed by atoms with Gasteiger partial charge in [0.1, 0.15) is 0 Å². The highest BCUT2D eigenvalue weighted by molar-refractivity contribution is 5.12. The second-order valence-corrected chi connectivity index (χ2v) is 4.26. The molecule has 1 saturated carbocycles. The van der Waals surface area contributed by atoms with Crippen molar-refractivity contribution in [3.05, 3.63) is 11.6 Å². The van der Waals surface area contributed by atoms with E-state index in [9.17, 15) is 5.11 Å². The standard InChI is InChI=1S/C10H18O/c1-4-8-7-10(2,3)6-5-9(8)11/h4,9,11H,5-7H2,1-3H3/b8-4+. The average molecular weight is 154 g/mol. The summed E-state index contributed by atoms with van der Waals surface area (Å²) in [4.78, 5) is 0. The number of allylic oxidation sites excluding steroid dienone is 1. The highest BCUT2D eigenvalue weighted by Gasteiger charge is 2.28. The number of aliphatic hydroxyl groups is 1. The minimum absolute atomic E-state index is 0.159. The molecule has 1 unspecified atom stereocenters. The van der Waals surface area contributed by atoms with Crippen LogP contribution in [0, 0.1) is 5.41 Å². The minimum Gasteiger partial charge on any atom is -0.389 e. The van der Waals surface area contributed by atoms with E-state index in [1.807, 2.05) is 6.92 Å². The van der Waals surface area contributed by atoms with Gasteiger partial charge in [0.05, 0.1) is 6.10 Å². The number of rotatable bonds is 0. The number of hydrogen-bond acceptors (Lipinski definition) is 1. The molecule has 1 rings (SSSR count). The predicted octanol–water partition coefficient (Wildman–Crippen LogP) is 2.50. The third-order valence-electron chi connectivity index (χ3n) is 2.58. The van der Waals surface area contributed by atoms with E-state index in [4.69, 9.17) is 0 Å². The molecule has 0 spiro atoms. The van der Waals surface area contributed by atoms with Crippen LogP contribution < -0.4 is 0 Å². The van der Waals surface area contributed by atoms with Gasteiger partial charge in [-0.15, -0.1) is 0 Å². The average Bonchev–Trinajstić information content (AvgIpc) is 1.94. The van der Waals surface area contributed by atoms with E-state index in [0.29, 0.717) is 5.41 Å². The summed E-state index contributed by atoms with van der Waals surface area (Å²) in [5.74, 6) is 0. The molecule has 0 amide bonds. The van der Waals surface area contributed by atoms with Gasteiger partial charge in [0.25, 0.3) is 0 Å². The molecule has 1 atom stereocenters. The number of hydrogen-bond donors (Lipinski definition) is 1. The van der Waals surface area contributed by atoms with E-state index in [1.165, 1.54) is 5.57 Å². The van der Waals surface area contributed by atoms with Gasteiger partial charge in [-0.05, 0) is 37.2 Å². The molecule has 1 aliphatic rings. The van der Waals surface area contributed by atoms with Gasteiger partial charge in [0.2, 0.25) is 0 Å². The first kappa shape index (κ1) is 8.79. The first-order chi connectivity index (χ1) is 5.05. The summed E-state index contributed by atoms with van der Waals surface area (Å²) < 4.78 is 0. The molecule has 0 saturated heterocycles. The van der Waals surface area contributed by atoms with Crippen molar-refractivity contribution < 1.29 is 5.11 Å². The molecule has 1 N–H and O–H groups in total. The molecule has 64 valence electrons. The SMILES string of the molecule is C/C=C1\CC(C)(C)CCC1O. The van der Waals surface area contributed by atoms with E-state index < -0.39 is 0 Å². The molecule has 11 heavy (non-hydrogen) atoms. The molecule has 0 aromatic rings. The maximum Gasteiger partial charge on any atom is 0.0750 e. The van der Waals surface area contributed by atoms with E-state index in [2.05, 4.69) is 19.9 Å². The van der Waals surface area contributed by atoms with Crippen LogP contribution in [0.4, 0.5) is 0 Å². The Labute approximate surface area is 69.1 Å². The summed E-state index contributed by atoms with van der Waals surface area (Å²) >= 11 is 0. The molecule has 1 nitrogen and oxygen atoms in total. The number of aliphatic hydroxyl groups excluding tert-OH is 1. The Morgan fingerprint density at radius 1 is 1.55 bits per heavy atom. The minimum atomic E-state index is -0.159. The topological polar surface area (TPSA) is 20.2 Å². The second-order valence-electron chi connectivity index (χ2n) is 4.26. The van der Waals surface area contributed by atoms with E-state index >= 15 is 0 Å². The van der Waals surface area contributed by atoms with Gasteiger partial charge >= 0.3 is 0 Å². The quantitative estimate of drug-likeness (QED) is 0.531. The van der Waals surface area contributed by atoms with Crippen molar-refractivity contribution in [2.24, 2.45) is 5.41 Å². The Morgan fingerprint density at radius 3 is 2.64 bits per heavy atom. The van der Waals surface area contributed by atoms with Crippen LogP contribution in [0.25, 0.3) is 0 Å². The molecule has 0 radical (unpaired) electrons. The molecule has 1 fully saturated rings. The van der Waals surface area contributed by atoms with Gasteiger partial charge in [-0.3, -0.25) is 0 Å². The van der Waals surface area contributed by atoms with Gasteiger partial charge < -0.3 is 5.11 Å². The summed E-state index contributed by atoms with van der Waals surface area (Å²) in [7, 11) is 0. The van der Waals surface area contributed by atoms with Crippen LogP contribution in [0.2, 0.25) is 0 Å². The molecule has 1 heteroatoms. The first-order valence-corrected chi connectivity index (χ1v) is 4.38. The Morgan fingerprint density at radius 2 is 2.18 bits per heavy atom. The zero-order valence-corrected chi connectivity index (χ0v) is 7.72. The Bertz CT molecular complexity index is 168. The zero-order valence-electron chi connectivity index (χ0n) is 7.72. The van der Waals surface area contributed by atoms with Gasteiger partial charge in [0, 0.05) is 0 Å². The van der Waals surface area contributed by atoms with Crippen LogP contribution in [0.1, 0.15) is 40.0 Å². The van der Waals surface area contributed by atoms with Crippen molar-refractivity contribution in [1.29, 1.82) is 0 Å². The summed E-state index contributed by atoms with van der Waals surface area (Å²) in [5, 5.41) is 9.53. The molecule has 0 heterocycles. The summed E-state index contributed by atoms with van der Waals surface area (Å²) in [6.45, 7) is 6.55. The third-order valence-corrected chi connectivity index (χ3v) is 2.58. The van der Waals surface area contributed by atoms with Crippen molar-refractivity contribution in [2.75, 3.05) is 0 Å². The molecule has 0 aromatic carbocycles. The summed E-state index contributed by atoms with van der Waals surface area (Å²) in [6.07, 6.45) is 5.04. The van der Waals surface area contributed by atoms with Crippen LogP contribution in [0.15, 0.2) is 11.6 Å². The zero-order chi connectivity index (χ0) is 8.48. The third kappa shape index (κ3) is 2.06. The first-order valence-electron chi connectivity index (χ1n) is 4.38. The van der Waals surface area contributed by atoms with Crippen molar-refractivity contribution in [2.45, 2.75) is 46.1 Å². The highest BCUT2D eigenvalue weighted by atomic mass is 16.3. The molecule has 0 aromatic heterocycles. The Balaban J connectivity index is 2.66. The maximum absolute atomic E-state index is 9.53. The normalized spacial score (nSPS) is 34.2. The van der Waals surface area contributed by atoms with Crippen LogP contribution in [-0.2, 0) is 0 Å².